The van der Waals surface area contributed by atoms with Gasteiger partial charge >= 0.3 is 5.97 Å². The SMILES string of the molecule is CC(CN)c1nc(C(=O)O)no1. The Kier molecular flexibility index (Phi) is 2.39. The third-order valence-electron chi connectivity index (χ3n) is 1.41. The van der Waals surface area contributed by atoms with Crippen LogP contribution in [0.4, 0.5) is 0 Å². The van der Waals surface area contributed by atoms with Crippen LogP contribution in [0.3, 0.4) is 0 Å². The van der Waals surface area contributed by atoms with Crippen LogP contribution >= 0.6 is 0 Å². The second-order valence-electron chi connectivity index (χ2n) is 2.40. The zero-order valence-corrected chi connectivity index (χ0v) is 6.52. The van der Waals surface area contributed by atoms with Gasteiger partial charge in [0.05, 0.1) is 0 Å². The van der Waals surface area contributed by atoms with Crippen LogP contribution in [0.15, 0.2) is 4.52 Å². The van der Waals surface area contributed by atoms with Gasteiger partial charge in [0.1, 0.15) is 0 Å². The molecule has 12 heavy (non-hydrogen) atoms. The number of carboxylic acid groups (broad SMARTS) is 1. The summed E-state index contributed by atoms with van der Waals surface area (Å²) in [5, 5.41) is 11.7. The van der Waals surface area contributed by atoms with Gasteiger partial charge in [-0.2, -0.15) is 4.98 Å². The van der Waals surface area contributed by atoms with Crippen molar-refractivity contribution in [3.63, 3.8) is 0 Å². The van der Waals surface area contributed by atoms with Gasteiger partial charge < -0.3 is 15.4 Å². The quantitative estimate of drug-likeness (QED) is 0.654. The van der Waals surface area contributed by atoms with Gasteiger partial charge in [-0.3, -0.25) is 0 Å². The van der Waals surface area contributed by atoms with Gasteiger partial charge in [0, 0.05) is 12.5 Å². The molecule has 1 heterocycles. The minimum atomic E-state index is -1.20. The van der Waals surface area contributed by atoms with Gasteiger partial charge in [0.2, 0.25) is 5.89 Å². The molecule has 0 saturated heterocycles. The third kappa shape index (κ3) is 1.59. The van der Waals surface area contributed by atoms with E-state index in [1.54, 1.807) is 6.92 Å². The molecule has 1 aromatic heterocycles. The van der Waals surface area contributed by atoms with Crippen molar-refractivity contribution in [2.45, 2.75) is 12.8 Å². The predicted octanol–water partition coefficient (Wildman–Crippen LogP) is -0.170. The first kappa shape index (κ1) is 8.66. The monoisotopic (exact) mass is 171 g/mol. The molecule has 66 valence electrons. The molecule has 0 fully saturated rings. The van der Waals surface area contributed by atoms with Gasteiger partial charge in [-0.1, -0.05) is 6.92 Å². The summed E-state index contributed by atoms with van der Waals surface area (Å²) in [5.41, 5.74) is 5.31. The lowest BCUT2D eigenvalue weighted by Gasteiger charge is -1.98. The Balaban J connectivity index is 2.84. The van der Waals surface area contributed by atoms with E-state index in [0.717, 1.165) is 0 Å². The highest BCUT2D eigenvalue weighted by atomic mass is 16.5. The van der Waals surface area contributed by atoms with Crippen LogP contribution in [0.25, 0.3) is 0 Å². The molecule has 6 heteroatoms. The molecule has 3 N–H and O–H groups in total. The second kappa shape index (κ2) is 3.31. The van der Waals surface area contributed by atoms with Crippen LogP contribution in [-0.4, -0.2) is 27.8 Å². The highest BCUT2D eigenvalue weighted by molar-refractivity contribution is 5.82. The summed E-state index contributed by atoms with van der Waals surface area (Å²) in [6, 6.07) is 0. The van der Waals surface area contributed by atoms with Crippen LogP contribution in [-0.2, 0) is 0 Å². The Hall–Kier alpha value is -1.43. The molecule has 0 spiro atoms. The number of nitrogens with two attached hydrogens (primary N) is 1. The molecule has 0 aliphatic carbocycles. The van der Waals surface area contributed by atoms with Crippen molar-refractivity contribution in [1.29, 1.82) is 0 Å². The van der Waals surface area contributed by atoms with Gasteiger partial charge in [-0.15, -0.1) is 0 Å². The van der Waals surface area contributed by atoms with E-state index < -0.39 is 5.97 Å². The van der Waals surface area contributed by atoms with Gasteiger partial charge in [-0.05, 0) is 5.16 Å². The Labute approximate surface area is 68.4 Å². The Morgan fingerprint density at radius 1 is 1.83 bits per heavy atom. The maximum Gasteiger partial charge on any atom is 0.377 e. The number of hydrogen-bond acceptors (Lipinski definition) is 5. The van der Waals surface area contributed by atoms with Crippen LogP contribution in [0.2, 0.25) is 0 Å². The van der Waals surface area contributed by atoms with Crippen molar-refractivity contribution < 1.29 is 14.4 Å². The van der Waals surface area contributed by atoms with Crippen molar-refractivity contribution in [2.75, 3.05) is 6.54 Å². The average molecular weight is 171 g/mol. The summed E-state index contributed by atoms with van der Waals surface area (Å²) in [7, 11) is 0. The number of hydrogen-bond donors (Lipinski definition) is 2. The van der Waals surface area contributed by atoms with Gasteiger partial charge in [0.25, 0.3) is 5.82 Å². The summed E-state index contributed by atoms with van der Waals surface area (Å²) >= 11 is 0. The number of nitrogens with zero attached hydrogens (tertiary/aromatic N) is 2. The summed E-state index contributed by atoms with van der Waals surface area (Å²) in [5.74, 6) is -1.37. The number of rotatable bonds is 3. The van der Waals surface area contributed by atoms with E-state index in [2.05, 4.69) is 14.7 Å². The van der Waals surface area contributed by atoms with E-state index in [9.17, 15) is 4.79 Å². The lowest BCUT2D eigenvalue weighted by Crippen LogP contribution is -2.09. The molecule has 1 atom stereocenters. The predicted molar refractivity (Wildman–Crippen MR) is 38.7 cm³/mol. The third-order valence-corrected chi connectivity index (χ3v) is 1.41. The van der Waals surface area contributed by atoms with E-state index in [4.69, 9.17) is 10.8 Å². The molecule has 0 radical (unpaired) electrons. The summed E-state index contributed by atoms with van der Waals surface area (Å²) in [4.78, 5) is 13.9. The van der Waals surface area contributed by atoms with Crippen molar-refractivity contribution >= 4 is 5.97 Å². The molecule has 0 aliphatic rings. The topological polar surface area (TPSA) is 102 Å². The standard InChI is InChI=1S/C6H9N3O3/c1-3(2-7)5-8-4(6(10)11)9-12-5/h3H,2,7H2,1H3,(H,10,11). The number of carbonyl (C=O) groups is 1. The smallest absolute Gasteiger partial charge is 0.377 e. The fourth-order valence-electron chi connectivity index (χ4n) is 0.623. The molecule has 0 bridgehead atoms. The number of aromatic nitrogens is 2. The van der Waals surface area contributed by atoms with Crippen molar-refractivity contribution in [3.05, 3.63) is 11.7 Å². The van der Waals surface area contributed by atoms with E-state index in [0.29, 0.717) is 6.54 Å². The Morgan fingerprint density at radius 3 is 2.92 bits per heavy atom. The van der Waals surface area contributed by atoms with Crippen molar-refractivity contribution in [1.82, 2.24) is 10.1 Å². The molecular weight excluding hydrogens is 162 g/mol. The molecular formula is C6H9N3O3. The van der Waals surface area contributed by atoms with E-state index >= 15 is 0 Å². The van der Waals surface area contributed by atoms with E-state index in [1.807, 2.05) is 0 Å². The highest BCUT2D eigenvalue weighted by Gasteiger charge is 2.16. The van der Waals surface area contributed by atoms with Crippen LogP contribution in [0.1, 0.15) is 29.4 Å². The summed E-state index contributed by atoms with van der Waals surface area (Å²) < 4.78 is 4.66. The summed E-state index contributed by atoms with van der Waals surface area (Å²) in [6.07, 6.45) is 0. The lowest BCUT2D eigenvalue weighted by molar-refractivity contribution is 0.0680. The Morgan fingerprint density at radius 2 is 2.50 bits per heavy atom. The first-order valence-corrected chi connectivity index (χ1v) is 3.42. The van der Waals surface area contributed by atoms with Crippen LogP contribution in [0, 0.1) is 0 Å². The molecule has 1 unspecified atom stereocenters. The fourth-order valence-corrected chi connectivity index (χ4v) is 0.623. The molecule has 0 amide bonds. The molecule has 6 nitrogen and oxygen atoms in total. The molecule has 0 saturated carbocycles. The second-order valence-corrected chi connectivity index (χ2v) is 2.40. The molecule has 0 aromatic carbocycles. The molecule has 1 rings (SSSR count). The van der Waals surface area contributed by atoms with Crippen molar-refractivity contribution in [2.24, 2.45) is 5.73 Å². The fraction of sp³-hybridized carbons (Fsp3) is 0.500. The number of carboxylic acids is 1. The number of aromatic carboxylic acids is 1. The van der Waals surface area contributed by atoms with E-state index in [-0.39, 0.29) is 17.6 Å². The maximum atomic E-state index is 10.3. The lowest BCUT2D eigenvalue weighted by atomic mass is 10.2. The maximum absolute atomic E-state index is 10.3. The van der Waals surface area contributed by atoms with Gasteiger partial charge in [0.15, 0.2) is 0 Å². The first-order chi connectivity index (χ1) is 5.65. The molecule has 1 aromatic rings. The van der Waals surface area contributed by atoms with Crippen LogP contribution < -0.4 is 5.73 Å². The van der Waals surface area contributed by atoms with Crippen LogP contribution in [0.5, 0.6) is 0 Å². The normalized spacial score (nSPS) is 12.8. The van der Waals surface area contributed by atoms with Crippen molar-refractivity contribution in [3.8, 4) is 0 Å². The Bertz CT molecular complexity index is 283. The zero-order valence-electron chi connectivity index (χ0n) is 6.52. The highest BCUT2D eigenvalue weighted by Crippen LogP contribution is 2.10. The molecule has 0 aliphatic heterocycles. The minimum Gasteiger partial charge on any atom is -0.475 e. The average Bonchev–Trinajstić information content (AvgIpc) is 2.51. The largest absolute Gasteiger partial charge is 0.475 e. The summed E-state index contributed by atoms with van der Waals surface area (Å²) in [6.45, 7) is 2.13. The zero-order chi connectivity index (χ0) is 9.14. The minimum absolute atomic E-state index is 0.106. The first-order valence-electron chi connectivity index (χ1n) is 3.42. The van der Waals surface area contributed by atoms with Gasteiger partial charge in [-0.25, -0.2) is 4.79 Å². The van der Waals surface area contributed by atoms with E-state index in [1.165, 1.54) is 0 Å².